The van der Waals surface area contributed by atoms with Gasteiger partial charge in [-0.3, -0.25) is 9.59 Å². The van der Waals surface area contributed by atoms with Crippen LogP contribution in [0.25, 0.3) is 11.1 Å². The molecule has 2 aromatic heterocycles. The van der Waals surface area contributed by atoms with Gasteiger partial charge in [0.1, 0.15) is 11.8 Å². The highest BCUT2D eigenvalue weighted by Crippen LogP contribution is 2.11. The monoisotopic (exact) mass is 332 g/mol. The van der Waals surface area contributed by atoms with Crippen molar-refractivity contribution in [3.8, 4) is 11.8 Å². The SMILES string of the molecule is CC#Cc1cnc2occ(C(=O)NCc3ccc(C)cc3)c(=O)c2c1. The van der Waals surface area contributed by atoms with E-state index >= 15 is 0 Å². The Morgan fingerprint density at radius 1 is 1.28 bits per heavy atom. The summed E-state index contributed by atoms with van der Waals surface area (Å²) in [6, 6.07) is 9.37. The third-order valence-corrected chi connectivity index (χ3v) is 3.72. The van der Waals surface area contributed by atoms with Gasteiger partial charge < -0.3 is 9.73 Å². The summed E-state index contributed by atoms with van der Waals surface area (Å²) in [5.41, 5.74) is 2.40. The lowest BCUT2D eigenvalue weighted by atomic mass is 10.1. The molecule has 5 nitrogen and oxygen atoms in total. The van der Waals surface area contributed by atoms with Crippen LogP contribution >= 0.6 is 0 Å². The third kappa shape index (κ3) is 3.59. The molecular weight excluding hydrogens is 316 g/mol. The van der Waals surface area contributed by atoms with Gasteiger partial charge in [-0.05, 0) is 25.5 Å². The van der Waals surface area contributed by atoms with Crippen molar-refractivity contribution < 1.29 is 9.21 Å². The van der Waals surface area contributed by atoms with Crippen LogP contribution in [0.2, 0.25) is 0 Å². The summed E-state index contributed by atoms with van der Waals surface area (Å²) >= 11 is 0. The van der Waals surface area contributed by atoms with Gasteiger partial charge in [0.25, 0.3) is 5.91 Å². The van der Waals surface area contributed by atoms with Crippen molar-refractivity contribution in [1.82, 2.24) is 10.3 Å². The molecule has 0 bridgehead atoms. The van der Waals surface area contributed by atoms with Gasteiger partial charge in [-0.15, -0.1) is 5.92 Å². The summed E-state index contributed by atoms with van der Waals surface area (Å²) in [6.45, 7) is 4.02. The summed E-state index contributed by atoms with van der Waals surface area (Å²) in [7, 11) is 0. The first-order valence-corrected chi connectivity index (χ1v) is 7.76. The molecule has 0 aliphatic heterocycles. The second-order valence-corrected chi connectivity index (χ2v) is 5.60. The third-order valence-electron chi connectivity index (χ3n) is 3.72. The fraction of sp³-hybridized carbons (Fsp3) is 0.150. The molecule has 1 N–H and O–H groups in total. The van der Waals surface area contributed by atoms with Crippen LogP contribution in [0.4, 0.5) is 0 Å². The Morgan fingerprint density at radius 2 is 2.04 bits per heavy atom. The van der Waals surface area contributed by atoms with E-state index in [0.717, 1.165) is 17.4 Å². The number of amides is 1. The Morgan fingerprint density at radius 3 is 2.76 bits per heavy atom. The Bertz CT molecular complexity index is 1050. The van der Waals surface area contributed by atoms with E-state index in [-0.39, 0.29) is 16.7 Å². The van der Waals surface area contributed by atoms with E-state index in [0.29, 0.717) is 12.1 Å². The molecule has 0 saturated heterocycles. The molecule has 0 radical (unpaired) electrons. The molecule has 5 heteroatoms. The van der Waals surface area contributed by atoms with Gasteiger partial charge >= 0.3 is 0 Å². The largest absolute Gasteiger partial charge is 0.445 e. The zero-order valence-corrected chi connectivity index (χ0v) is 13.9. The molecule has 0 spiro atoms. The number of aromatic nitrogens is 1. The van der Waals surface area contributed by atoms with Gasteiger partial charge in [0, 0.05) is 18.3 Å². The number of carbonyl (C=O) groups excluding carboxylic acids is 1. The number of benzene rings is 1. The molecule has 3 aromatic rings. The number of aryl methyl sites for hydroxylation is 1. The Hall–Kier alpha value is -3.39. The minimum absolute atomic E-state index is 0.0528. The van der Waals surface area contributed by atoms with Gasteiger partial charge in [0.05, 0.1) is 5.39 Å². The lowest BCUT2D eigenvalue weighted by Crippen LogP contribution is -2.28. The Kier molecular flexibility index (Phi) is 4.62. The number of rotatable bonds is 3. The summed E-state index contributed by atoms with van der Waals surface area (Å²) < 4.78 is 5.33. The van der Waals surface area contributed by atoms with E-state index in [4.69, 9.17) is 4.42 Å². The smallest absolute Gasteiger partial charge is 0.258 e. The summed E-state index contributed by atoms with van der Waals surface area (Å²) in [4.78, 5) is 29.0. The number of pyridine rings is 1. The fourth-order valence-electron chi connectivity index (χ4n) is 2.37. The van der Waals surface area contributed by atoms with Crippen LogP contribution in [0.1, 0.15) is 34.0 Å². The number of fused-ring (bicyclic) bond motifs is 1. The van der Waals surface area contributed by atoms with E-state index in [1.807, 2.05) is 31.2 Å². The van der Waals surface area contributed by atoms with Crippen LogP contribution < -0.4 is 10.7 Å². The van der Waals surface area contributed by atoms with E-state index in [1.54, 1.807) is 13.0 Å². The van der Waals surface area contributed by atoms with Gasteiger partial charge in [0.15, 0.2) is 0 Å². The van der Waals surface area contributed by atoms with Gasteiger partial charge in [-0.1, -0.05) is 35.7 Å². The van der Waals surface area contributed by atoms with Crippen molar-refractivity contribution in [2.75, 3.05) is 0 Å². The highest BCUT2D eigenvalue weighted by Gasteiger charge is 2.15. The van der Waals surface area contributed by atoms with Crippen LogP contribution in [0, 0.1) is 18.8 Å². The molecule has 0 aliphatic rings. The first-order valence-electron chi connectivity index (χ1n) is 7.76. The predicted molar refractivity (Wildman–Crippen MR) is 95.2 cm³/mol. The Balaban J connectivity index is 1.87. The normalized spacial score (nSPS) is 10.2. The predicted octanol–water partition coefficient (Wildman–Crippen LogP) is 2.80. The summed E-state index contributed by atoms with van der Waals surface area (Å²) in [6.07, 6.45) is 2.67. The molecular formula is C20H16N2O3. The zero-order chi connectivity index (χ0) is 17.8. The Labute approximate surface area is 144 Å². The minimum Gasteiger partial charge on any atom is -0.445 e. The maximum absolute atomic E-state index is 12.6. The van der Waals surface area contributed by atoms with Gasteiger partial charge in [-0.2, -0.15) is 0 Å². The molecule has 1 aromatic carbocycles. The maximum atomic E-state index is 12.6. The molecule has 124 valence electrons. The number of nitrogens with one attached hydrogen (secondary N) is 1. The summed E-state index contributed by atoms with van der Waals surface area (Å²) in [5, 5.41) is 2.97. The second-order valence-electron chi connectivity index (χ2n) is 5.60. The van der Waals surface area contributed by atoms with Crippen molar-refractivity contribution in [3.63, 3.8) is 0 Å². The van der Waals surface area contributed by atoms with Crippen molar-refractivity contribution in [1.29, 1.82) is 0 Å². The highest BCUT2D eigenvalue weighted by molar-refractivity contribution is 5.96. The average molecular weight is 332 g/mol. The van der Waals surface area contributed by atoms with Crippen LogP contribution in [-0.4, -0.2) is 10.9 Å². The molecule has 25 heavy (non-hydrogen) atoms. The standard InChI is InChI=1S/C20H16N2O3/c1-3-4-15-9-16-18(23)17(12-25-20(16)22-11-15)19(24)21-10-14-7-5-13(2)6-8-14/h5-9,11-12H,10H2,1-2H3,(H,21,24). The molecule has 0 unspecified atom stereocenters. The van der Waals surface area contributed by atoms with Crippen molar-refractivity contribution in [2.24, 2.45) is 0 Å². The first-order chi connectivity index (χ1) is 12.1. The zero-order valence-electron chi connectivity index (χ0n) is 13.9. The minimum atomic E-state index is -0.483. The number of carbonyl (C=O) groups is 1. The van der Waals surface area contributed by atoms with E-state index < -0.39 is 11.3 Å². The van der Waals surface area contributed by atoms with Crippen LogP contribution in [0.15, 0.2) is 52.0 Å². The van der Waals surface area contributed by atoms with Crippen molar-refractivity contribution in [2.45, 2.75) is 20.4 Å². The molecule has 0 atom stereocenters. The first kappa shape index (κ1) is 16.5. The molecule has 2 heterocycles. The van der Waals surface area contributed by atoms with Gasteiger partial charge in [0.2, 0.25) is 11.1 Å². The summed E-state index contributed by atoms with van der Waals surface area (Å²) in [5.74, 6) is 5.10. The molecule has 3 rings (SSSR count). The number of hydrogen-bond acceptors (Lipinski definition) is 4. The van der Waals surface area contributed by atoms with Crippen molar-refractivity contribution >= 4 is 17.0 Å². The van der Waals surface area contributed by atoms with Crippen LogP contribution in [0.3, 0.4) is 0 Å². The van der Waals surface area contributed by atoms with E-state index in [1.165, 1.54) is 6.20 Å². The lowest BCUT2D eigenvalue weighted by molar-refractivity contribution is 0.0948. The van der Waals surface area contributed by atoms with Crippen LogP contribution in [0.5, 0.6) is 0 Å². The fourth-order valence-corrected chi connectivity index (χ4v) is 2.37. The number of hydrogen-bond donors (Lipinski definition) is 1. The van der Waals surface area contributed by atoms with Crippen LogP contribution in [-0.2, 0) is 6.54 Å². The molecule has 1 amide bonds. The average Bonchev–Trinajstić information content (AvgIpc) is 2.62. The topological polar surface area (TPSA) is 72.2 Å². The highest BCUT2D eigenvalue weighted by atomic mass is 16.3. The van der Waals surface area contributed by atoms with E-state index in [2.05, 4.69) is 22.1 Å². The quantitative estimate of drug-likeness (QED) is 0.749. The number of nitrogens with zero attached hydrogens (tertiary/aromatic N) is 1. The maximum Gasteiger partial charge on any atom is 0.258 e. The van der Waals surface area contributed by atoms with E-state index in [9.17, 15) is 9.59 Å². The van der Waals surface area contributed by atoms with Gasteiger partial charge in [-0.25, -0.2) is 4.98 Å². The van der Waals surface area contributed by atoms with Crippen molar-refractivity contribution in [3.05, 3.63) is 75.3 Å². The second kappa shape index (κ2) is 7.02. The molecule has 0 fully saturated rings. The lowest BCUT2D eigenvalue weighted by Gasteiger charge is -2.06. The molecule has 0 saturated carbocycles. The molecule has 0 aliphatic carbocycles.